The number of likely N-dealkylation sites (N-methyl/N-ethyl adjacent to an activating group) is 1. The van der Waals surface area contributed by atoms with Gasteiger partial charge in [-0.1, -0.05) is 0 Å². The molecular formula is C16H21FN2O4. The Bertz CT molecular complexity index is 564. The van der Waals surface area contributed by atoms with Crippen molar-refractivity contribution in [3.8, 4) is 5.75 Å². The Morgan fingerprint density at radius 1 is 1.39 bits per heavy atom. The topological polar surface area (TPSA) is 70.1 Å². The second-order valence-corrected chi connectivity index (χ2v) is 5.64. The van der Waals surface area contributed by atoms with Crippen LogP contribution in [0.5, 0.6) is 5.75 Å². The number of rotatable bonds is 5. The lowest BCUT2D eigenvalue weighted by molar-refractivity contribution is -0.142. The van der Waals surface area contributed by atoms with E-state index in [2.05, 4.69) is 0 Å². The maximum absolute atomic E-state index is 12.8. The van der Waals surface area contributed by atoms with Crippen molar-refractivity contribution in [2.24, 2.45) is 0 Å². The zero-order valence-corrected chi connectivity index (χ0v) is 13.2. The molecule has 0 bridgehead atoms. The van der Waals surface area contributed by atoms with Gasteiger partial charge in [0.15, 0.2) is 0 Å². The fourth-order valence-corrected chi connectivity index (χ4v) is 2.59. The highest BCUT2D eigenvalue weighted by Gasteiger charge is 2.38. The average Bonchev–Trinajstić information content (AvgIpc) is 2.90. The number of likely N-dealkylation sites (tertiary alicyclic amines) is 1. The molecular weight excluding hydrogens is 303 g/mol. The van der Waals surface area contributed by atoms with Crippen LogP contribution in [-0.2, 0) is 9.59 Å². The van der Waals surface area contributed by atoms with E-state index in [9.17, 15) is 19.1 Å². The third-order valence-corrected chi connectivity index (χ3v) is 3.85. The number of β-amino-alcohol motifs (C(OH)–C–C–N with tert-alkyl or cyclic N) is 1. The van der Waals surface area contributed by atoms with Gasteiger partial charge in [0, 0.05) is 26.9 Å². The lowest BCUT2D eigenvalue weighted by atomic mass is 10.1. The first kappa shape index (κ1) is 17.2. The largest absolute Gasteiger partial charge is 0.492 e. The lowest BCUT2D eigenvalue weighted by Crippen LogP contribution is -2.46. The number of ether oxygens (including phenoxy) is 1. The molecule has 1 saturated heterocycles. The molecule has 2 atom stereocenters. The van der Waals surface area contributed by atoms with Gasteiger partial charge >= 0.3 is 0 Å². The van der Waals surface area contributed by atoms with Crippen molar-refractivity contribution in [1.29, 1.82) is 0 Å². The molecule has 2 rings (SSSR count). The highest BCUT2D eigenvalue weighted by molar-refractivity contribution is 5.87. The number of hydrogen-bond acceptors (Lipinski definition) is 4. The van der Waals surface area contributed by atoms with E-state index in [0.29, 0.717) is 12.3 Å². The van der Waals surface area contributed by atoms with Gasteiger partial charge in [-0.15, -0.1) is 0 Å². The first-order chi connectivity index (χ1) is 10.9. The van der Waals surface area contributed by atoms with Crippen molar-refractivity contribution in [3.63, 3.8) is 0 Å². The zero-order chi connectivity index (χ0) is 17.0. The molecule has 1 heterocycles. The minimum atomic E-state index is -0.670. The number of halogens is 1. The Kier molecular flexibility index (Phi) is 5.54. The fraction of sp³-hybridized carbons (Fsp3) is 0.500. The highest BCUT2D eigenvalue weighted by atomic mass is 19.1. The minimum Gasteiger partial charge on any atom is -0.492 e. The molecule has 0 unspecified atom stereocenters. The maximum atomic E-state index is 12.8. The summed E-state index contributed by atoms with van der Waals surface area (Å²) in [5, 5.41) is 9.68. The van der Waals surface area contributed by atoms with Crippen LogP contribution in [0.25, 0.3) is 0 Å². The summed E-state index contributed by atoms with van der Waals surface area (Å²) >= 11 is 0. The second-order valence-electron chi connectivity index (χ2n) is 5.64. The van der Waals surface area contributed by atoms with Gasteiger partial charge in [0.2, 0.25) is 11.8 Å². The number of nitrogens with zero attached hydrogens (tertiary/aromatic N) is 2. The Balaban J connectivity index is 1.84. The van der Waals surface area contributed by atoms with Crippen molar-refractivity contribution in [1.82, 2.24) is 9.80 Å². The first-order valence-corrected chi connectivity index (χ1v) is 7.47. The monoisotopic (exact) mass is 324 g/mol. The van der Waals surface area contributed by atoms with Gasteiger partial charge in [0.1, 0.15) is 24.2 Å². The van der Waals surface area contributed by atoms with Crippen LogP contribution in [0.1, 0.15) is 13.3 Å². The summed E-state index contributed by atoms with van der Waals surface area (Å²) in [4.78, 5) is 26.8. The average molecular weight is 324 g/mol. The maximum Gasteiger partial charge on any atom is 0.245 e. The van der Waals surface area contributed by atoms with Gasteiger partial charge in [-0.2, -0.15) is 0 Å². The Morgan fingerprint density at radius 2 is 2.04 bits per heavy atom. The van der Waals surface area contributed by atoms with Gasteiger partial charge in [-0.25, -0.2) is 4.39 Å². The quantitative estimate of drug-likeness (QED) is 0.863. The molecule has 0 spiro atoms. The van der Waals surface area contributed by atoms with Gasteiger partial charge in [0.25, 0.3) is 0 Å². The predicted octanol–water partition coefficient (Wildman–Crippen LogP) is 0.645. The Morgan fingerprint density at radius 3 is 2.65 bits per heavy atom. The van der Waals surface area contributed by atoms with Crippen LogP contribution in [0.15, 0.2) is 24.3 Å². The number of aliphatic hydroxyl groups excluding tert-OH is 1. The van der Waals surface area contributed by atoms with Gasteiger partial charge in [-0.05, 0) is 24.3 Å². The summed E-state index contributed by atoms with van der Waals surface area (Å²) in [6.07, 6.45) is -0.418. The number of carbonyl (C=O) groups is 2. The van der Waals surface area contributed by atoms with E-state index in [1.807, 2.05) is 0 Å². The third kappa shape index (κ3) is 4.41. The second kappa shape index (κ2) is 7.41. The van der Waals surface area contributed by atoms with Crippen LogP contribution in [0.3, 0.4) is 0 Å². The first-order valence-electron chi connectivity index (χ1n) is 7.47. The Hall–Kier alpha value is -2.15. The molecule has 23 heavy (non-hydrogen) atoms. The van der Waals surface area contributed by atoms with E-state index >= 15 is 0 Å². The molecule has 1 aliphatic rings. The molecule has 1 aromatic rings. The fourth-order valence-electron chi connectivity index (χ4n) is 2.59. The number of carbonyl (C=O) groups excluding carboxylic acids is 2. The Labute approximate surface area is 134 Å². The number of amides is 2. The van der Waals surface area contributed by atoms with Gasteiger partial charge in [0.05, 0.1) is 12.6 Å². The van der Waals surface area contributed by atoms with E-state index in [4.69, 9.17) is 4.74 Å². The van der Waals surface area contributed by atoms with E-state index in [0.717, 1.165) is 0 Å². The molecule has 126 valence electrons. The lowest BCUT2D eigenvalue weighted by Gasteiger charge is -2.26. The van der Waals surface area contributed by atoms with Gasteiger partial charge < -0.3 is 19.6 Å². The van der Waals surface area contributed by atoms with Crippen LogP contribution < -0.4 is 4.74 Å². The third-order valence-electron chi connectivity index (χ3n) is 3.85. The van der Waals surface area contributed by atoms with Crippen molar-refractivity contribution in [2.75, 3.05) is 26.7 Å². The van der Waals surface area contributed by atoms with Crippen LogP contribution in [0.2, 0.25) is 0 Å². The number of benzene rings is 1. The molecule has 0 aliphatic carbocycles. The summed E-state index contributed by atoms with van der Waals surface area (Å²) in [5.74, 6) is -0.266. The summed E-state index contributed by atoms with van der Waals surface area (Å²) in [6, 6.07) is 5.01. The normalized spacial score (nSPS) is 20.4. The predicted molar refractivity (Wildman–Crippen MR) is 81.3 cm³/mol. The van der Waals surface area contributed by atoms with Crippen LogP contribution in [0.4, 0.5) is 4.39 Å². The number of aliphatic hydroxyl groups is 1. The molecule has 0 saturated carbocycles. The molecule has 1 aliphatic heterocycles. The van der Waals surface area contributed by atoms with Gasteiger partial charge in [-0.3, -0.25) is 9.59 Å². The molecule has 1 N–H and O–H groups in total. The van der Waals surface area contributed by atoms with Crippen molar-refractivity contribution in [2.45, 2.75) is 25.5 Å². The molecule has 1 aromatic carbocycles. The molecule has 7 heteroatoms. The van der Waals surface area contributed by atoms with E-state index in [-0.39, 0.29) is 37.2 Å². The zero-order valence-electron chi connectivity index (χ0n) is 13.2. The van der Waals surface area contributed by atoms with Crippen molar-refractivity contribution >= 4 is 11.8 Å². The van der Waals surface area contributed by atoms with Crippen LogP contribution in [-0.4, -0.2) is 65.6 Å². The summed E-state index contributed by atoms with van der Waals surface area (Å²) in [6.45, 7) is 2.15. The SMILES string of the molecule is CC(=O)N1C[C@H](O)C[C@@H]1C(=O)N(C)CCOc1ccc(F)cc1. The van der Waals surface area contributed by atoms with Crippen molar-refractivity contribution < 1.29 is 23.8 Å². The van der Waals surface area contributed by atoms with E-state index < -0.39 is 12.1 Å². The summed E-state index contributed by atoms with van der Waals surface area (Å²) < 4.78 is 18.2. The smallest absolute Gasteiger partial charge is 0.245 e. The molecule has 1 fully saturated rings. The molecule has 0 radical (unpaired) electrons. The summed E-state index contributed by atoms with van der Waals surface area (Å²) in [7, 11) is 1.62. The van der Waals surface area contributed by atoms with Crippen LogP contribution >= 0.6 is 0 Å². The molecule has 0 aromatic heterocycles. The van der Waals surface area contributed by atoms with Crippen molar-refractivity contribution in [3.05, 3.63) is 30.1 Å². The minimum absolute atomic E-state index is 0.186. The summed E-state index contributed by atoms with van der Waals surface area (Å²) in [5.41, 5.74) is 0. The molecule has 2 amide bonds. The van der Waals surface area contributed by atoms with Crippen LogP contribution in [0, 0.1) is 5.82 Å². The highest BCUT2D eigenvalue weighted by Crippen LogP contribution is 2.20. The number of hydrogen-bond donors (Lipinski definition) is 1. The van der Waals surface area contributed by atoms with E-state index in [1.165, 1.54) is 41.0 Å². The molecule has 6 nitrogen and oxygen atoms in total. The standard InChI is InChI=1S/C16H21FN2O4/c1-11(20)19-10-13(21)9-15(19)16(22)18(2)7-8-23-14-5-3-12(17)4-6-14/h3-6,13,15,21H,7-10H2,1-2H3/t13-,15-/m1/s1. The van der Waals surface area contributed by atoms with E-state index in [1.54, 1.807) is 7.05 Å².